The van der Waals surface area contributed by atoms with Gasteiger partial charge in [-0.05, 0) is 27.3 Å². The summed E-state index contributed by atoms with van der Waals surface area (Å²) < 4.78 is 4.89. The minimum atomic E-state index is -0.518. The summed E-state index contributed by atoms with van der Waals surface area (Å²) in [6, 6.07) is 0. The molecule has 0 fully saturated rings. The summed E-state index contributed by atoms with van der Waals surface area (Å²) >= 11 is 0. The van der Waals surface area contributed by atoms with Gasteiger partial charge in [0, 0.05) is 0 Å². The predicted molar refractivity (Wildman–Crippen MR) is 44.4 cm³/mol. The molecular formula is C8H17NO2. The van der Waals surface area contributed by atoms with Gasteiger partial charge in [0.2, 0.25) is 0 Å². The molecule has 0 aromatic heterocycles. The molecule has 1 N–H and O–H groups in total. The number of hydrogen-bond acceptors (Lipinski definition) is 3. The van der Waals surface area contributed by atoms with Crippen molar-refractivity contribution in [1.29, 1.82) is 0 Å². The summed E-state index contributed by atoms with van der Waals surface area (Å²) in [5.41, 5.74) is -0.518. The van der Waals surface area contributed by atoms with Crippen molar-refractivity contribution in [2.24, 2.45) is 0 Å². The molecule has 0 rings (SSSR count). The smallest absolute Gasteiger partial charge is 0.326 e. The van der Waals surface area contributed by atoms with Gasteiger partial charge in [0.15, 0.2) is 0 Å². The molecule has 0 radical (unpaired) electrons. The second-order valence-electron chi connectivity index (χ2n) is 2.66. The number of ether oxygens (including phenoxy) is 1. The molecule has 3 nitrogen and oxygen atoms in total. The van der Waals surface area contributed by atoms with E-state index in [1.165, 1.54) is 0 Å². The molecule has 1 atom stereocenters. The van der Waals surface area contributed by atoms with Crippen molar-refractivity contribution in [3.8, 4) is 0 Å². The minimum Gasteiger partial charge on any atom is -0.465 e. The molecule has 0 bridgehead atoms. The van der Waals surface area contributed by atoms with Gasteiger partial charge in [0.1, 0.15) is 5.54 Å². The molecule has 0 unspecified atom stereocenters. The maximum absolute atomic E-state index is 11.2. The maximum Gasteiger partial charge on any atom is 0.326 e. The van der Waals surface area contributed by atoms with E-state index in [9.17, 15) is 4.79 Å². The number of rotatable bonds is 4. The SMILES string of the molecule is CCOC(=O)[C@](C)(CC)NC. The van der Waals surface area contributed by atoms with E-state index in [-0.39, 0.29) is 5.97 Å². The molecule has 3 heteroatoms. The fraction of sp³-hybridized carbons (Fsp3) is 0.875. The second kappa shape index (κ2) is 4.34. The summed E-state index contributed by atoms with van der Waals surface area (Å²) in [4.78, 5) is 11.2. The third-order valence-electron chi connectivity index (χ3n) is 1.98. The fourth-order valence-electron chi connectivity index (χ4n) is 0.714. The van der Waals surface area contributed by atoms with Gasteiger partial charge in [-0.3, -0.25) is 4.79 Å². The molecule has 0 aliphatic rings. The summed E-state index contributed by atoms with van der Waals surface area (Å²) in [7, 11) is 1.76. The standard InChI is InChI=1S/C8H17NO2/c1-5-8(3,9-4)7(10)11-6-2/h9H,5-6H2,1-4H3/t8-/m0/s1. The monoisotopic (exact) mass is 159 g/mol. The summed E-state index contributed by atoms with van der Waals surface area (Å²) in [6.45, 7) is 6.04. The minimum absolute atomic E-state index is 0.176. The third-order valence-corrected chi connectivity index (χ3v) is 1.98. The van der Waals surface area contributed by atoms with Gasteiger partial charge in [0.25, 0.3) is 0 Å². The molecule has 0 aliphatic heterocycles. The van der Waals surface area contributed by atoms with Crippen LogP contribution in [0, 0.1) is 0 Å². The molecular weight excluding hydrogens is 142 g/mol. The zero-order chi connectivity index (χ0) is 8.91. The van der Waals surface area contributed by atoms with Crippen LogP contribution in [-0.2, 0) is 9.53 Å². The third kappa shape index (κ3) is 2.50. The quantitative estimate of drug-likeness (QED) is 0.620. The number of carbonyl (C=O) groups excluding carboxylic acids is 1. The van der Waals surface area contributed by atoms with Gasteiger partial charge in [0.05, 0.1) is 6.61 Å². The number of hydrogen-bond donors (Lipinski definition) is 1. The Morgan fingerprint density at radius 1 is 1.55 bits per heavy atom. The molecule has 0 aromatic rings. The van der Waals surface area contributed by atoms with Gasteiger partial charge < -0.3 is 10.1 Å². The molecule has 0 heterocycles. The Labute approximate surface area is 68.1 Å². The Balaban J connectivity index is 4.12. The average molecular weight is 159 g/mol. The topological polar surface area (TPSA) is 38.3 Å². The molecule has 66 valence electrons. The Morgan fingerprint density at radius 2 is 2.09 bits per heavy atom. The van der Waals surface area contributed by atoms with Gasteiger partial charge in [-0.25, -0.2) is 0 Å². The van der Waals surface area contributed by atoms with Gasteiger partial charge >= 0.3 is 5.97 Å². The van der Waals surface area contributed by atoms with Crippen molar-refractivity contribution in [2.75, 3.05) is 13.7 Å². The first-order chi connectivity index (χ1) is 5.10. The van der Waals surface area contributed by atoms with Crippen LogP contribution in [0.5, 0.6) is 0 Å². The Morgan fingerprint density at radius 3 is 2.36 bits per heavy atom. The van der Waals surface area contributed by atoms with E-state index in [1.54, 1.807) is 7.05 Å². The molecule has 0 aromatic carbocycles. The van der Waals surface area contributed by atoms with E-state index in [0.29, 0.717) is 6.61 Å². The maximum atomic E-state index is 11.2. The van der Waals surface area contributed by atoms with Crippen LogP contribution in [0.4, 0.5) is 0 Å². The zero-order valence-electron chi connectivity index (χ0n) is 7.73. The van der Waals surface area contributed by atoms with E-state index in [1.807, 2.05) is 20.8 Å². The summed E-state index contributed by atoms with van der Waals surface area (Å²) in [5.74, 6) is -0.176. The average Bonchev–Trinajstić information content (AvgIpc) is 2.03. The van der Waals surface area contributed by atoms with Crippen molar-refractivity contribution < 1.29 is 9.53 Å². The van der Waals surface area contributed by atoms with Crippen LogP contribution >= 0.6 is 0 Å². The van der Waals surface area contributed by atoms with E-state index < -0.39 is 5.54 Å². The Kier molecular flexibility index (Phi) is 4.11. The highest BCUT2D eigenvalue weighted by molar-refractivity contribution is 5.80. The van der Waals surface area contributed by atoms with E-state index in [0.717, 1.165) is 6.42 Å². The highest BCUT2D eigenvalue weighted by Crippen LogP contribution is 2.09. The van der Waals surface area contributed by atoms with E-state index in [4.69, 9.17) is 4.74 Å². The number of likely N-dealkylation sites (N-methyl/N-ethyl adjacent to an activating group) is 1. The largest absolute Gasteiger partial charge is 0.465 e. The first kappa shape index (κ1) is 10.4. The molecule has 11 heavy (non-hydrogen) atoms. The van der Waals surface area contributed by atoms with Crippen molar-refractivity contribution in [1.82, 2.24) is 5.32 Å². The van der Waals surface area contributed by atoms with Crippen LogP contribution in [0.15, 0.2) is 0 Å². The lowest BCUT2D eigenvalue weighted by atomic mass is 10.00. The highest BCUT2D eigenvalue weighted by atomic mass is 16.5. The Bertz CT molecular complexity index is 130. The molecule has 0 aliphatic carbocycles. The first-order valence-electron chi connectivity index (χ1n) is 3.96. The van der Waals surface area contributed by atoms with Gasteiger partial charge in [-0.2, -0.15) is 0 Å². The van der Waals surface area contributed by atoms with Crippen LogP contribution in [0.25, 0.3) is 0 Å². The lowest BCUT2D eigenvalue weighted by molar-refractivity contribution is -0.150. The van der Waals surface area contributed by atoms with Gasteiger partial charge in [-0.15, -0.1) is 0 Å². The first-order valence-corrected chi connectivity index (χ1v) is 3.96. The number of nitrogens with one attached hydrogen (secondary N) is 1. The lowest BCUT2D eigenvalue weighted by Gasteiger charge is -2.24. The highest BCUT2D eigenvalue weighted by Gasteiger charge is 2.30. The Hall–Kier alpha value is -0.570. The van der Waals surface area contributed by atoms with Crippen molar-refractivity contribution >= 4 is 5.97 Å². The van der Waals surface area contributed by atoms with Crippen molar-refractivity contribution in [3.63, 3.8) is 0 Å². The predicted octanol–water partition coefficient (Wildman–Crippen LogP) is 0.938. The zero-order valence-corrected chi connectivity index (χ0v) is 7.73. The van der Waals surface area contributed by atoms with Crippen LogP contribution in [0.2, 0.25) is 0 Å². The molecule has 0 amide bonds. The van der Waals surface area contributed by atoms with Crippen LogP contribution in [-0.4, -0.2) is 25.2 Å². The normalized spacial score (nSPS) is 15.6. The van der Waals surface area contributed by atoms with E-state index in [2.05, 4.69) is 5.32 Å². The van der Waals surface area contributed by atoms with Crippen LogP contribution in [0.3, 0.4) is 0 Å². The lowest BCUT2D eigenvalue weighted by Crippen LogP contribution is -2.48. The second-order valence-corrected chi connectivity index (χ2v) is 2.66. The number of carbonyl (C=O) groups is 1. The van der Waals surface area contributed by atoms with E-state index >= 15 is 0 Å². The van der Waals surface area contributed by atoms with Crippen molar-refractivity contribution in [2.45, 2.75) is 32.7 Å². The molecule has 0 spiro atoms. The summed E-state index contributed by atoms with van der Waals surface area (Å²) in [5, 5.41) is 2.94. The summed E-state index contributed by atoms with van der Waals surface area (Å²) in [6.07, 6.45) is 0.738. The molecule has 0 saturated carbocycles. The van der Waals surface area contributed by atoms with Crippen molar-refractivity contribution in [3.05, 3.63) is 0 Å². The van der Waals surface area contributed by atoms with Crippen LogP contribution in [0.1, 0.15) is 27.2 Å². The fourth-order valence-corrected chi connectivity index (χ4v) is 0.714. The van der Waals surface area contributed by atoms with Gasteiger partial charge in [-0.1, -0.05) is 6.92 Å². The van der Waals surface area contributed by atoms with Crippen LogP contribution < -0.4 is 5.32 Å². The molecule has 0 saturated heterocycles. The number of esters is 1.